The number of fused-ring (bicyclic) bond motifs is 1. The van der Waals surface area contributed by atoms with Gasteiger partial charge in [0, 0.05) is 36.9 Å². The number of hydrogen-bond acceptors (Lipinski definition) is 6. The molecule has 2 aliphatic rings. The fourth-order valence-corrected chi connectivity index (χ4v) is 5.79. The van der Waals surface area contributed by atoms with E-state index < -0.39 is 38.2 Å². The van der Waals surface area contributed by atoms with E-state index >= 15 is 0 Å². The van der Waals surface area contributed by atoms with Crippen molar-refractivity contribution < 1.29 is 31.2 Å². The van der Waals surface area contributed by atoms with Gasteiger partial charge >= 0.3 is 11.5 Å². The Labute approximate surface area is 217 Å². The molecule has 0 aliphatic carbocycles. The highest BCUT2D eigenvalue weighted by Crippen LogP contribution is 2.35. The van der Waals surface area contributed by atoms with Crippen LogP contribution in [0.5, 0.6) is 0 Å². The van der Waals surface area contributed by atoms with E-state index in [0.717, 1.165) is 77.3 Å². The summed E-state index contributed by atoms with van der Waals surface area (Å²) >= 11 is 0. The summed E-state index contributed by atoms with van der Waals surface area (Å²) in [6.45, 7) is 3.53. The standard InChI is InChI=1S/C26H25F3N4O4S/c1-17-24(34)33(19-8-10-20(11-9-19)38(36,37)26(27,28)29)25(35)32(17)16-18-12-13-30-21-6-5-7-22(23(18)21)31-14-3-2-4-15-31/h5-13,17H,2-4,14-16H2,1H3. The Bertz CT molecular complexity index is 1500. The molecule has 12 heteroatoms. The Morgan fingerprint density at radius 1 is 0.974 bits per heavy atom. The first-order valence-corrected chi connectivity index (χ1v) is 13.7. The second-order valence-electron chi connectivity index (χ2n) is 9.39. The van der Waals surface area contributed by atoms with Gasteiger partial charge in [0.2, 0.25) is 0 Å². The van der Waals surface area contributed by atoms with Gasteiger partial charge in [-0.2, -0.15) is 13.2 Å². The molecule has 3 aromatic rings. The normalized spacial score (nSPS) is 19.1. The highest BCUT2D eigenvalue weighted by atomic mass is 32.2. The molecule has 2 aliphatic heterocycles. The van der Waals surface area contributed by atoms with Gasteiger partial charge in [-0.1, -0.05) is 6.07 Å². The molecule has 2 saturated heterocycles. The largest absolute Gasteiger partial charge is 0.501 e. The van der Waals surface area contributed by atoms with Crippen LogP contribution in [-0.2, 0) is 21.2 Å². The number of anilines is 2. The molecule has 0 radical (unpaired) electrons. The lowest BCUT2D eigenvalue weighted by Crippen LogP contribution is -2.34. The number of piperidine rings is 1. The number of alkyl halides is 3. The van der Waals surface area contributed by atoms with Crippen molar-refractivity contribution in [1.82, 2.24) is 9.88 Å². The van der Waals surface area contributed by atoms with Gasteiger partial charge in [0.1, 0.15) is 6.04 Å². The fraction of sp³-hybridized carbons (Fsp3) is 0.346. The minimum absolute atomic E-state index is 0.0101. The summed E-state index contributed by atoms with van der Waals surface area (Å²) in [7, 11) is -5.55. The number of amides is 3. The minimum atomic E-state index is -5.55. The fourth-order valence-electron chi connectivity index (χ4n) is 5.03. The van der Waals surface area contributed by atoms with Crippen molar-refractivity contribution in [2.45, 2.75) is 49.2 Å². The van der Waals surface area contributed by atoms with E-state index in [1.54, 1.807) is 13.1 Å². The topological polar surface area (TPSA) is 90.9 Å². The molecule has 5 rings (SSSR count). The predicted molar refractivity (Wildman–Crippen MR) is 135 cm³/mol. The molecule has 0 N–H and O–H groups in total. The molecule has 200 valence electrons. The summed E-state index contributed by atoms with van der Waals surface area (Å²) in [6, 6.07) is 9.75. The highest BCUT2D eigenvalue weighted by Gasteiger charge is 2.47. The second-order valence-corrected chi connectivity index (χ2v) is 11.3. The first-order valence-electron chi connectivity index (χ1n) is 12.2. The molecule has 3 heterocycles. The van der Waals surface area contributed by atoms with E-state index in [4.69, 9.17) is 0 Å². The van der Waals surface area contributed by atoms with Crippen LogP contribution in [0.3, 0.4) is 0 Å². The van der Waals surface area contributed by atoms with E-state index in [1.165, 1.54) is 11.3 Å². The molecule has 0 spiro atoms. The Morgan fingerprint density at radius 3 is 2.32 bits per heavy atom. The van der Waals surface area contributed by atoms with Crippen LogP contribution in [0.25, 0.3) is 10.9 Å². The van der Waals surface area contributed by atoms with E-state index in [-0.39, 0.29) is 12.2 Å². The Balaban J connectivity index is 1.46. The third-order valence-corrected chi connectivity index (χ3v) is 8.56. The van der Waals surface area contributed by atoms with Gasteiger partial charge in [-0.05, 0) is 74.2 Å². The number of benzene rings is 2. The van der Waals surface area contributed by atoms with Gasteiger partial charge < -0.3 is 9.80 Å². The van der Waals surface area contributed by atoms with Crippen molar-refractivity contribution in [2.75, 3.05) is 22.9 Å². The van der Waals surface area contributed by atoms with Gasteiger partial charge in [-0.15, -0.1) is 0 Å². The number of imide groups is 1. The number of nitrogens with zero attached hydrogens (tertiary/aromatic N) is 4. The Kier molecular flexibility index (Phi) is 6.54. The van der Waals surface area contributed by atoms with E-state index in [0.29, 0.717) is 0 Å². The first-order chi connectivity index (χ1) is 18.0. The molecule has 1 atom stereocenters. The van der Waals surface area contributed by atoms with Gasteiger partial charge in [0.25, 0.3) is 15.7 Å². The van der Waals surface area contributed by atoms with Crippen LogP contribution in [0.2, 0.25) is 0 Å². The molecule has 2 fully saturated rings. The summed E-state index contributed by atoms with van der Waals surface area (Å²) in [4.78, 5) is 34.6. The maximum absolute atomic E-state index is 13.4. The molecular weight excluding hydrogens is 521 g/mol. The average Bonchev–Trinajstić information content (AvgIpc) is 3.11. The number of carbonyl (C=O) groups is 2. The molecule has 1 unspecified atom stereocenters. The Morgan fingerprint density at radius 2 is 1.66 bits per heavy atom. The molecule has 0 bridgehead atoms. The smallest absolute Gasteiger partial charge is 0.371 e. The number of hydrogen-bond donors (Lipinski definition) is 0. The molecule has 38 heavy (non-hydrogen) atoms. The quantitative estimate of drug-likeness (QED) is 0.424. The summed E-state index contributed by atoms with van der Waals surface area (Å²) in [5.74, 6) is -0.559. The maximum atomic E-state index is 13.4. The molecule has 0 saturated carbocycles. The van der Waals surface area contributed by atoms with Crippen LogP contribution in [-0.4, -0.2) is 54.9 Å². The van der Waals surface area contributed by atoms with E-state index in [1.807, 2.05) is 24.3 Å². The van der Waals surface area contributed by atoms with E-state index in [9.17, 15) is 31.2 Å². The van der Waals surface area contributed by atoms with Crippen molar-refractivity contribution in [3.63, 3.8) is 0 Å². The zero-order valence-corrected chi connectivity index (χ0v) is 21.3. The third kappa shape index (κ3) is 4.36. The van der Waals surface area contributed by atoms with Crippen molar-refractivity contribution >= 4 is 44.1 Å². The molecule has 2 aromatic carbocycles. The number of rotatable bonds is 5. The van der Waals surface area contributed by atoms with Crippen molar-refractivity contribution in [2.24, 2.45) is 0 Å². The van der Waals surface area contributed by atoms with Crippen LogP contribution >= 0.6 is 0 Å². The molecule has 1 aromatic heterocycles. The summed E-state index contributed by atoms with van der Waals surface area (Å²) in [5, 5.41) is 0.907. The second kappa shape index (κ2) is 9.57. The van der Waals surface area contributed by atoms with Gasteiger partial charge in [-0.3, -0.25) is 9.78 Å². The third-order valence-electron chi connectivity index (χ3n) is 7.06. The highest BCUT2D eigenvalue weighted by molar-refractivity contribution is 7.92. The molecule has 8 nitrogen and oxygen atoms in total. The van der Waals surface area contributed by atoms with Crippen LogP contribution in [0.1, 0.15) is 31.7 Å². The number of pyridine rings is 1. The van der Waals surface area contributed by atoms with E-state index in [2.05, 4.69) is 9.88 Å². The zero-order valence-electron chi connectivity index (χ0n) is 20.5. The Hall–Kier alpha value is -3.67. The summed E-state index contributed by atoms with van der Waals surface area (Å²) < 4.78 is 62.0. The van der Waals surface area contributed by atoms with Gasteiger partial charge in [0.15, 0.2) is 0 Å². The SMILES string of the molecule is CC1C(=O)N(c2ccc(S(=O)(=O)C(F)(F)F)cc2)C(=O)N1Cc1ccnc2cccc(N3CCCCC3)c12. The van der Waals surface area contributed by atoms with Crippen molar-refractivity contribution in [1.29, 1.82) is 0 Å². The molecule has 3 amide bonds. The van der Waals surface area contributed by atoms with Crippen LogP contribution in [0, 0.1) is 0 Å². The average molecular weight is 547 g/mol. The van der Waals surface area contributed by atoms with Crippen molar-refractivity contribution in [3.05, 3.63) is 60.3 Å². The van der Waals surface area contributed by atoms with Gasteiger partial charge in [0.05, 0.1) is 16.1 Å². The summed E-state index contributed by atoms with van der Waals surface area (Å²) in [6.07, 6.45) is 5.00. The lowest BCUT2D eigenvalue weighted by Gasteiger charge is -2.30. The van der Waals surface area contributed by atoms with Crippen LogP contribution < -0.4 is 9.80 Å². The zero-order chi connectivity index (χ0) is 27.2. The number of sulfone groups is 1. The number of carbonyl (C=O) groups excluding carboxylic acids is 2. The van der Waals surface area contributed by atoms with Crippen LogP contribution in [0.4, 0.5) is 29.3 Å². The number of halogens is 3. The molecular formula is C26H25F3N4O4S. The first kappa shape index (κ1) is 26.0. The number of urea groups is 1. The lowest BCUT2D eigenvalue weighted by atomic mass is 10.0. The number of aromatic nitrogens is 1. The monoisotopic (exact) mass is 546 g/mol. The maximum Gasteiger partial charge on any atom is 0.501 e. The van der Waals surface area contributed by atoms with Crippen molar-refractivity contribution in [3.8, 4) is 0 Å². The lowest BCUT2D eigenvalue weighted by molar-refractivity contribution is -0.119. The summed E-state index contributed by atoms with van der Waals surface area (Å²) in [5.41, 5.74) is -2.86. The minimum Gasteiger partial charge on any atom is -0.371 e. The van der Waals surface area contributed by atoms with Crippen LogP contribution in [0.15, 0.2) is 59.6 Å². The predicted octanol–water partition coefficient (Wildman–Crippen LogP) is 4.88. The van der Waals surface area contributed by atoms with Gasteiger partial charge in [-0.25, -0.2) is 18.1 Å².